The molecule has 2 rings (SSSR count). The van der Waals surface area contributed by atoms with Crippen LogP contribution < -0.4 is 0 Å². The van der Waals surface area contributed by atoms with Gasteiger partial charge in [0.15, 0.2) is 0 Å². The van der Waals surface area contributed by atoms with E-state index in [1.807, 2.05) is 0 Å². The zero-order valence-electron chi connectivity index (χ0n) is 9.11. The molecule has 0 saturated carbocycles. The van der Waals surface area contributed by atoms with Gasteiger partial charge in [0.25, 0.3) is 5.91 Å². The maximum atomic E-state index is 13.1. The van der Waals surface area contributed by atoms with Crippen molar-refractivity contribution in [2.24, 2.45) is 0 Å². The highest BCUT2D eigenvalue weighted by molar-refractivity contribution is 9.10. The summed E-state index contributed by atoms with van der Waals surface area (Å²) in [6.45, 7) is 0.174. The van der Waals surface area contributed by atoms with E-state index in [1.165, 1.54) is 17.0 Å². The van der Waals surface area contributed by atoms with Crippen LogP contribution in [0.1, 0.15) is 5.56 Å². The van der Waals surface area contributed by atoms with Crippen molar-refractivity contribution in [1.29, 1.82) is 0 Å². The lowest BCUT2D eigenvalue weighted by atomic mass is 10.2. The molecule has 1 aromatic carbocycles. The Hall–Kier alpha value is -1.43. The molecule has 1 aliphatic rings. The van der Waals surface area contributed by atoms with E-state index in [1.54, 1.807) is 13.1 Å². The van der Waals surface area contributed by atoms with Crippen LogP contribution in [0, 0.1) is 5.82 Å². The second-order valence-corrected chi connectivity index (χ2v) is 4.81. The van der Waals surface area contributed by atoms with Gasteiger partial charge in [0, 0.05) is 11.5 Å². The van der Waals surface area contributed by atoms with Crippen LogP contribution in [0.15, 0.2) is 22.7 Å². The van der Waals surface area contributed by atoms with E-state index in [0.29, 0.717) is 10.0 Å². The van der Waals surface area contributed by atoms with Crippen molar-refractivity contribution in [2.75, 3.05) is 13.6 Å². The Kier molecular flexibility index (Phi) is 3.15. The molecule has 0 aromatic heterocycles. The lowest BCUT2D eigenvalue weighted by molar-refractivity contribution is -0.125. The number of hydrogen-bond donors (Lipinski definition) is 0. The maximum Gasteiger partial charge on any atom is 0.327 e. The number of carbonyl (C=O) groups excluding carboxylic acids is 2. The summed E-state index contributed by atoms with van der Waals surface area (Å²) < 4.78 is 13.7. The third-order valence-corrected chi connectivity index (χ3v) is 2.95. The molecule has 0 atom stereocenters. The first-order valence-electron chi connectivity index (χ1n) is 4.98. The molecule has 17 heavy (non-hydrogen) atoms. The predicted octanol–water partition coefficient (Wildman–Crippen LogP) is 1.98. The Morgan fingerprint density at radius 2 is 2.06 bits per heavy atom. The largest absolute Gasteiger partial charge is 0.327 e. The molecule has 0 spiro atoms. The van der Waals surface area contributed by atoms with Crippen LogP contribution in [0.5, 0.6) is 0 Å². The van der Waals surface area contributed by atoms with Gasteiger partial charge in [-0.2, -0.15) is 0 Å². The summed E-state index contributed by atoms with van der Waals surface area (Å²) in [4.78, 5) is 25.6. The fourth-order valence-corrected chi connectivity index (χ4v) is 2.22. The summed E-state index contributed by atoms with van der Waals surface area (Å²) in [5.74, 6) is -0.667. The first kappa shape index (κ1) is 12.0. The monoisotopic (exact) mass is 300 g/mol. The highest BCUT2D eigenvalue weighted by atomic mass is 79.9. The summed E-state index contributed by atoms with van der Waals surface area (Å²) in [7, 11) is 1.56. The van der Waals surface area contributed by atoms with Crippen LogP contribution in [0.3, 0.4) is 0 Å². The van der Waals surface area contributed by atoms with Crippen LogP contribution in [0.2, 0.25) is 0 Å². The van der Waals surface area contributed by atoms with Gasteiger partial charge in [-0.25, -0.2) is 9.18 Å². The topological polar surface area (TPSA) is 40.6 Å². The second-order valence-electron chi connectivity index (χ2n) is 3.90. The molecule has 0 bridgehead atoms. The van der Waals surface area contributed by atoms with Crippen molar-refractivity contribution in [3.05, 3.63) is 34.1 Å². The smallest absolute Gasteiger partial charge is 0.318 e. The van der Waals surface area contributed by atoms with Gasteiger partial charge in [-0.1, -0.05) is 15.9 Å². The number of likely N-dealkylation sites (N-methyl/N-ethyl adjacent to an activating group) is 1. The molecule has 90 valence electrons. The lowest BCUT2D eigenvalue weighted by Gasteiger charge is -2.14. The SMILES string of the molecule is CN1CC(=O)N(Cc2cc(F)cc(Br)c2)C1=O. The zero-order valence-corrected chi connectivity index (χ0v) is 10.7. The molecule has 0 N–H and O–H groups in total. The van der Waals surface area contributed by atoms with E-state index in [9.17, 15) is 14.0 Å². The van der Waals surface area contributed by atoms with Crippen molar-refractivity contribution in [3.8, 4) is 0 Å². The van der Waals surface area contributed by atoms with Crippen molar-refractivity contribution < 1.29 is 14.0 Å². The van der Waals surface area contributed by atoms with Crippen molar-refractivity contribution >= 4 is 27.9 Å². The molecule has 6 heteroatoms. The highest BCUT2D eigenvalue weighted by Gasteiger charge is 2.33. The summed E-state index contributed by atoms with van der Waals surface area (Å²) in [6.07, 6.45) is 0. The van der Waals surface area contributed by atoms with Crippen LogP contribution >= 0.6 is 15.9 Å². The molecule has 1 fully saturated rings. The van der Waals surface area contributed by atoms with E-state index in [4.69, 9.17) is 0 Å². The van der Waals surface area contributed by atoms with Crippen molar-refractivity contribution in [1.82, 2.24) is 9.80 Å². The van der Waals surface area contributed by atoms with Gasteiger partial charge >= 0.3 is 6.03 Å². The van der Waals surface area contributed by atoms with E-state index in [0.717, 1.165) is 4.90 Å². The Morgan fingerprint density at radius 1 is 1.35 bits per heavy atom. The third-order valence-electron chi connectivity index (χ3n) is 2.49. The fraction of sp³-hybridized carbons (Fsp3) is 0.273. The van der Waals surface area contributed by atoms with Crippen molar-refractivity contribution in [3.63, 3.8) is 0 Å². The van der Waals surface area contributed by atoms with Crippen LogP contribution in [0.4, 0.5) is 9.18 Å². The van der Waals surface area contributed by atoms with Gasteiger partial charge in [0.2, 0.25) is 0 Å². The first-order chi connectivity index (χ1) is 7.97. The Balaban J connectivity index is 2.21. The number of halogens is 2. The average Bonchev–Trinajstić information content (AvgIpc) is 2.44. The zero-order chi connectivity index (χ0) is 12.6. The summed E-state index contributed by atoms with van der Waals surface area (Å²) in [5, 5.41) is 0. The normalized spacial score (nSPS) is 15.9. The van der Waals surface area contributed by atoms with Crippen LogP contribution in [0.25, 0.3) is 0 Å². The molecule has 0 radical (unpaired) electrons. The summed E-state index contributed by atoms with van der Waals surface area (Å²) >= 11 is 3.17. The minimum absolute atomic E-state index is 0.0787. The number of imide groups is 1. The molecule has 1 aromatic rings. The van der Waals surface area contributed by atoms with Crippen LogP contribution in [-0.4, -0.2) is 35.3 Å². The number of rotatable bonds is 2. The molecule has 1 saturated heterocycles. The fourth-order valence-electron chi connectivity index (χ4n) is 1.71. The van der Waals surface area contributed by atoms with E-state index >= 15 is 0 Å². The van der Waals surface area contributed by atoms with Gasteiger partial charge in [-0.05, 0) is 23.8 Å². The average molecular weight is 301 g/mol. The van der Waals surface area contributed by atoms with E-state index < -0.39 is 5.82 Å². The van der Waals surface area contributed by atoms with E-state index in [-0.39, 0.29) is 25.0 Å². The maximum absolute atomic E-state index is 13.1. The molecular formula is C11H10BrFN2O2. The Bertz CT molecular complexity index is 472. The number of nitrogens with zero attached hydrogens (tertiary/aromatic N) is 2. The summed E-state index contributed by atoms with van der Waals surface area (Å²) in [5.41, 5.74) is 0.578. The van der Waals surface area contributed by atoms with Crippen molar-refractivity contribution in [2.45, 2.75) is 6.54 Å². The third kappa shape index (κ3) is 2.46. The second kappa shape index (κ2) is 4.44. The minimum Gasteiger partial charge on any atom is -0.318 e. The molecule has 0 unspecified atom stereocenters. The summed E-state index contributed by atoms with van der Waals surface area (Å²) in [6, 6.07) is 3.96. The minimum atomic E-state index is -0.401. The number of hydrogen-bond acceptors (Lipinski definition) is 2. The van der Waals surface area contributed by atoms with Gasteiger partial charge in [0.05, 0.1) is 6.54 Å². The van der Waals surface area contributed by atoms with Gasteiger partial charge in [-0.15, -0.1) is 0 Å². The standard InChI is InChI=1S/C11H10BrFN2O2/c1-14-6-10(16)15(11(14)17)5-7-2-8(12)4-9(13)3-7/h2-4H,5-6H2,1H3. The molecule has 4 nitrogen and oxygen atoms in total. The van der Waals surface area contributed by atoms with Gasteiger partial charge in [0.1, 0.15) is 12.4 Å². The van der Waals surface area contributed by atoms with Crippen LogP contribution in [-0.2, 0) is 11.3 Å². The number of amides is 3. The van der Waals surface area contributed by atoms with E-state index in [2.05, 4.69) is 15.9 Å². The highest BCUT2D eigenvalue weighted by Crippen LogP contribution is 2.18. The molecule has 1 aliphatic heterocycles. The predicted molar refractivity (Wildman–Crippen MR) is 62.7 cm³/mol. The van der Waals surface area contributed by atoms with Gasteiger partial charge in [-0.3, -0.25) is 9.69 Å². The first-order valence-corrected chi connectivity index (χ1v) is 5.77. The van der Waals surface area contributed by atoms with Gasteiger partial charge < -0.3 is 4.90 Å². The molecule has 0 aliphatic carbocycles. The lowest BCUT2D eigenvalue weighted by Crippen LogP contribution is -2.31. The quantitative estimate of drug-likeness (QED) is 0.784. The molecule has 1 heterocycles. The molecular weight excluding hydrogens is 291 g/mol. The number of carbonyl (C=O) groups is 2. The molecule has 3 amide bonds. The number of urea groups is 1. The Labute approximate surface area is 106 Å². The Morgan fingerprint density at radius 3 is 2.59 bits per heavy atom. The number of benzene rings is 1.